The molecule has 1 aromatic heterocycles. The van der Waals surface area contributed by atoms with Crippen LogP contribution in [-0.2, 0) is 13.0 Å². The lowest BCUT2D eigenvalue weighted by molar-refractivity contribution is 0.246. The smallest absolute Gasteiger partial charge is 0.143 e. The van der Waals surface area contributed by atoms with Gasteiger partial charge in [0.25, 0.3) is 0 Å². The van der Waals surface area contributed by atoms with Gasteiger partial charge in [-0.25, -0.2) is 4.39 Å². The summed E-state index contributed by atoms with van der Waals surface area (Å²) in [6, 6.07) is 5.57. The number of aryl methyl sites for hydroxylation is 1. The van der Waals surface area contributed by atoms with Crippen molar-refractivity contribution in [3.05, 3.63) is 52.1 Å². The Morgan fingerprint density at radius 2 is 1.90 bits per heavy atom. The molecule has 0 radical (unpaired) electrons. The molecule has 1 saturated heterocycles. The van der Waals surface area contributed by atoms with Crippen LogP contribution in [0.2, 0.25) is 0 Å². The fraction of sp³-hybridized carbons (Fsp3) is 0.500. The summed E-state index contributed by atoms with van der Waals surface area (Å²) in [6.07, 6.45) is 2.66. The molecule has 160 valence electrons. The fourth-order valence-electron chi connectivity index (χ4n) is 4.19. The Hall–Kier alpha value is -2.65. The van der Waals surface area contributed by atoms with Crippen LogP contribution in [0.5, 0.6) is 5.75 Å². The van der Waals surface area contributed by atoms with E-state index in [0.29, 0.717) is 5.92 Å². The van der Waals surface area contributed by atoms with Gasteiger partial charge in [0.2, 0.25) is 0 Å². The molecule has 0 saturated carbocycles. The number of nitrogens with zero attached hydrogens (tertiary/aromatic N) is 4. The number of hydrogen-bond donors (Lipinski definition) is 0. The zero-order chi connectivity index (χ0) is 21.8. The van der Waals surface area contributed by atoms with Crippen molar-refractivity contribution in [3.63, 3.8) is 0 Å². The Morgan fingerprint density at radius 3 is 2.50 bits per heavy atom. The molecule has 2 heterocycles. The molecule has 0 atom stereocenters. The van der Waals surface area contributed by atoms with E-state index in [1.165, 1.54) is 6.07 Å². The molecule has 6 heteroatoms. The molecule has 0 spiro atoms. The van der Waals surface area contributed by atoms with E-state index in [1.807, 2.05) is 26.1 Å². The number of hydrogen-bond acceptors (Lipinski definition) is 5. The molecule has 0 N–H and O–H groups in total. The lowest BCUT2D eigenvalue weighted by Gasteiger charge is -2.36. The van der Waals surface area contributed by atoms with Crippen molar-refractivity contribution in [2.24, 2.45) is 5.92 Å². The molecule has 1 fully saturated rings. The van der Waals surface area contributed by atoms with Gasteiger partial charge in [0.05, 0.1) is 18.5 Å². The molecule has 1 aliphatic rings. The number of nitriles is 1. The third kappa shape index (κ3) is 4.73. The van der Waals surface area contributed by atoms with Crippen LogP contribution in [0, 0.1) is 36.9 Å². The minimum absolute atomic E-state index is 0.150. The lowest BCUT2D eigenvalue weighted by atomic mass is 9.99. The molecule has 1 aromatic carbocycles. The van der Waals surface area contributed by atoms with Crippen LogP contribution < -0.4 is 9.64 Å². The van der Waals surface area contributed by atoms with Crippen molar-refractivity contribution < 1.29 is 9.13 Å². The largest absolute Gasteiger partial charge is 0.496 e. The highest BCUT2D eigenvalue weighted by Gasteiger charge is 2.23. The van der Waals surface area contributed by atoms with E-state index >= 15 is 0 Å². The van der Waals surface area contributed by atoms with Crippen LogP contribution in [0.1, 0.15) is 41.8 Å². The second kappa shape index (κ2) is 9.44. The van der Waals surface area contributed by atoms with Gasteiger partial charge in [-0.2, -0.15) is 5.26 Å². The van der Waals surface area contributed by atoms with Crippen LogP contribution in [0.4, 0.5) is 10.1 Å². The average molecular weight is 411 g/mol. The number of benzene rings is 1. The lowest BCUT2D eigenvalue weighted by Crippen LogP contribution is -2.46. The van der Waals surface area contributed by atoms with Crippen LogP contribution in [0.3, 0.4) is 0 Å². The first-order chi connectivity index (χ1) is 14.3. The molecule has 3 rings (SSSR count). The van der Waals surface area contributed by atoms with Crippen LogP contribution in [0.25, 0.3) is 0 Å². The highest BCUT2D eigenvalue weighted by atomic mass is 19.1. The highest BCUT2D eigenvalue weighted by molar-refractivity contribution is 5.62. The number of anilines is 1. The SMILES string of the molecule is COc1c(C)cnc(CN2CCN(c3cc(CC(C)C)cc(F)c3C#N)CC2)c1C. The van der Waals surface area contributed by atoms with Gasteiger partial charge in [-0.1, -0.05) is 13.8 Å². The molecule has 30 heavy (non-hydrogen) atoms. The zero-order valence-corrected chi connectivity index (χ0v) is 18.6. The van der Waals surface area contributed by atoms with Crippen LogP contribution >= 0.6 is 0 Å². The van der Waals surface area contributed by atoms with Gasteiger partial charge in [0.15, 0.2) is 0 Å². The summed E-state index contributed by atoms with van der Waals surface area (Å²) < 4.78 is 20.1. The maximum absolute atomic E-state index is 14.5. The van der Waals surface area contributed by atoms with Gasteiger partial charge in [-0.05, 0) is 43.9 Å². The van der Waals surface area contributed by atoms with Crippen molar-refractivity contribution in [3.8, 4) is 11.8 Å². The Kier molecular flexibility index (Phi) is 6.94. The van der Waals surface area contributed by atoms with Gasteiger partial charge in [-0.15, -0.1) is 0 Å². The van der Waals surface area contributed by atoms with Crippen molar-refractivity contribution >= 4 is 5.69 Å². The van der Waals surface area contributed by atoms with Crippen LogP contribution in [-0.4, -0.2) is 43.2 Å². The summed E-state index contributed by atoms with van der Waals surface area (Å²) >= 11 is 0. The van der Waals surface area contributed by atoms with E-state index < -0.39 is 5.82 Å². The number of piperazine rings is 1. The molecule has 2 aromatic rings. The fourth-order valence-corrected chi connectivity index (χ4v) is 4.19. The number of methoxy groups -OCH3 is 1. The van der Waals surface area contributed by atoms with E-state index in [0.717, 1.165) is 73.0 Å². The first-order valence-corrected chi connectivity index (χ1v) is 10.5. The predicted molar refractivity (Wildman–Crippen MR) is 117 cm³/mol. The standard InChI is InChI=1S/C24H31FN4O/c1-16(2)10-19-11-21(25)20(13-26)23(12-19)29-8-6-28(7-9-29)15-22-18(4)24(30-5)17(3)14-27-22/h11-12,14,16H,6-10,15H2,1-5H3. The monoisotopic (exact) mass is 410 g/mol. The summed E-state index contributed by atoms with van der Waals surface area (Å²) in [4.78, 5) is 9.09. The molecule has 0 bridgehead atoms. The number of halogens is 1. The first-order valence-electron chi connectivity index (χ1n) is 10.5. The first kappa shape index (κ1) is 22.0. The molecular weight excluding hydrogens is 379 g/mol. The van der Waals surface area contributed by atoms with Gasteiger partial charge >= 0.3 is 0 Å². The third-order valence-corrected chi connectivity index (χ3v) is 5.72. The summed E-state index contributed by atoms with van der Waals surface area (Å²) in [5, 5.41) is 9.50. The van der Waals surface area contributed by atoms with E-state index in [2.05, 4.69) is 34.7 Å². The van der Waals surface area contributed by atoms with Crippen molar-refractivity contribution in [1.29, 1.82) is 5.26 Å². The second-order valence-corrected chi connectivity index (χ2v) is 8.49. The van der Waals surface area contributed by atoms with Gasteiger partial charge in [0, 0.05) is 50.0 Å². The molecule has 1 aliphatic heterocycles. The van der Waals surface area contributed by atoms with Gasteiger partial charge in [-0.3, -0.25) is 9.88 Å². The summed E-state index contributed by atoms with van der Waals surface area (Å²) in [5.41, 5.74) is 4.96. The van der Waals surface area contributed by atoms with E-state index in [1.54, 1.807) is 7.11 Å². The van der Waals surface area contributed by atoms with Crippen molar-refractivity contribution in [2.75, 3.05) is 38.2 Å². The number of ether oxygens (including phenoxy) is 1. The highest BCUT2D eigenvalue weighted by Crippen LogP contribution is 2.28. The van der Waals surface area contributed by atoms with E-state index in [9.17, 15) is 9.65 Å². The molecule has 0 amide bonds. The van der Waals surface area contributed by atoms with Gasteiger partial charge in [0.1, 0.15) is 23.2 Å². The van der Waals surface area contributed by atoms with Crippen molar-refractivity contribution in [2.45, 2.75) is 40.7 Å². The Labute approximate surface area is 179 Å². The average Bonchev–Trinajstić information content (AvgIpc) is 2.70. The molecule has 0 aliphatic carbocycles. The summed E-state index contributed by atoms with van der Waals surface area (Å²) in [7, 11) is 1.69. The molecule has 5 nitrogen and oxygen atoms in total. The maximum atomic E-state index is 14.5. The molecular formula is C24H31FN4O. The third-order valence-electron chi connectivity index (χ3n) is 5.72. The number of pyridine rings is 1. The minimum Gasteiger partial charge on any atom is -0.496 e. The Bertz CT molecular complexity index is 943. The second-order valence-electron chi connectivity index (χ2n) is 8.49. The number of aromatic nitrogens is 1. The number of rotatable bonds is 6. The normalized spacial score (nSPS) is 14.8. The predicted octanol–water partition coefficient (Wildman–Crippen LogP) is 4.24. The maximum Gasteiger partial charge on any atom is 0.143 e. The summed E-state index contributed by atoms with van der Waals surface area (Å²) in [5.74, 6) is 0.915. The molecule has 0 unspecified atom stereocenters. The topological polar surface area (TPSA) is 52.4 Å². The van der Waals surface area contributed by atoms with E-state index in [-0.39, 0.29) is 5.56 Å². The Balaban J connectivity index is 1.73. The van der Waals surface area contributed by atoms with Crippen molar-refractivity contribution in [1.82, 2.24) is 9.88 Å². The van der Waals surface area contributed by atoms with Gasteiger partial charge < -0.3 is 9.64 Å². The Morgan fingerprint density at radius 1 is 1.20 bits per heavy atom. The summed E-state index contributed by atoms with van der Waals surface area (Å²) in [6.45, 7) is 12.2. The quantitative estimate of drug-likeness (QED) is 0.713. The van der Waals surface area contributed by atoms with Crippen LogP contribution in [0.15, 0.2) is 18.3 Å². The minimum atomic E-state index is -0.417. The van der Waals surface area contributed by atoms with E-state index in [4.69, 9.17) is 4.74 Å². The zero-order valence-electron chi connectivity index (χ0n) is 18.6.